The molecule has 0 bridgehead atoms. The summed E-state index contributed by atoms with van der Waals surface area (Å²) in [7, 11) is -2.61. The summed E-state index contributed by atoms with van der Waals surface area (Å²) in [4.78, 5) is 12.9. The molecule has 220 valence electrons. The standard InChI is InChI=1S/C30H29F3N4O4S/c1-21-17-24(22(2)37(21)28-12-8-7-11-27(28)30(31,32)33)18-34-35-29(38)20-36(19-23-9-5-4-6-10-23)42(39,40)26-15-13-25(41-3)14-16-26/h4-18H,19-20H2,1-3H3,(H,35,38)/b34-18+. The SMILES string of the molecule is COc1ccc(S(=O)(=O)N(CC(=O)N/N=C/c2cc(C)n(-c3ccccc3C(F)(F)F)c2C)Cc2ccccc2)cc1. The third-order valence-corrected chi connectivity index (χ3v) is 8.34. The molecule has 0 saturated carbocycles. The van der Waals surface area contributed by atoms with Gasteiger partial charge in [0.15, 0.2) is 0 Å². The minimum absolute atomic E-state index is 0.0119. The highest BCUT2D eigenvalue weighted by molar-refractivity contribution is 7.89. The molecule has 0 saturated heterocycles. The summed E-state index contributed by atoms with van der Waals surface area (Å²) in [5.74, 6) is -0.215. The van der Waals surface area contributed by atoms with E-state index in [9.17, 15) is 26.4 Å². The van der Waals surface area contributed by atoms with Crippen molar-refractivity contribution in [1.29, 1.82) is 0 Å². The molecule has 0 aliphatic rings. The first-order valence-corrected chi connectivity index (χ1v) is 14.2. The van der Waals surface area contributed by atoms with Gasteiger partial charge in [-0.2, -0.15) is 22.6 Å². The fraction of sp³-hybridized carbons (Fsp3) is 0.200. The summed E-state index contributed by atoms with van der Waals surface area (Å²) in [5.41, 5.74) is 3.72. The lowest BCUT2D eigenvalue weighted by Gasteiger charge is -2.21. The molecule has 42 heavy (non-hydrogen) atoms. The van der Waals surface area contributed by atoms with Crippen LogP contribution in [-0.2, 0) is 27.5 Å². The van der Waals surface area contributed by atoms with Crippen LogP contribution in [0.2, 0.25) is 0 Å². The van der Waals surface area contributed by atoms with Crippen LogP contribution in [0.3, 0.4) is 0 Å². The van der Waals surface area contributed by atoms with Gasteiger partial charge in [-0.15, -0.1) is 0 Å². The summed E-state index contributed by atoms with van der Waals surface area (Å²) in [6, 6.07) is 21.6. The van der Waals surface area contributed by atoms with Crippen LogP contribution in [0.25, 0.3) is 5.69 Å². The number of alkyl halides is 3. The molecule has 0 aliphatic heterocycles. The minimum Gasteiger partial charge on any atom is -0.497 e. The lowest BCUT2D eigenvalue weighted by Crippen LogP contribution is -2.39. The first kappa shape index (κ1) is 30.5. The van der Waals surface area contributed by atoms with Crippen molar-refractivity contribution < 1.29 is 31.1 Å². The van der Waals surface area contributed by atoms with Crippen molar-refractivity contribution in [2.45, 2.75) is 31.5 Å². The van der Waals surface area contributed by atoms with Gasteiger partial charge < -0.3 is 9.30 Å². The third-order valence-electron chi connectivity index (χ3n) is 6.53. The maximum atomic E-state index is 13.6. The molecular weight excluding hydrogens is 569 g/mol. The van der Waals surface area contributed by atoms with Gasteiger partial charge in [0.25, 0.3) is 5.91 Å². The first-order valence-electron chi connectivity index (χ1n) is 12.8. The van der Waals surface area contributed by atoms with E-state index in [0.29, 0.717) is 28.3 Å². The number of aryl methyl sites for hydroxylation is 1. The average molecular weight is 599 g/mol. The summed E-state index contributed by atoms with van der Waals surface area (Å²) in [5, 5.41) is 3.96. The van der Waals surface area contributed by atoms with Crippen LogP contribution in [0.1, 0.15) is 28.1 Å². The van der Waals surface area contributed by atoms with Crippen LogP contribution in [0.5, 0.6) is 5.75 Å². The van der Waals surface area contributed by atoms with Gasteiger partial charge in [0.2, 0.25) is 10.0 Å². The summed E-state index contributed by atoms with van der Waals surface area (Å²) in [6.07, 6.45) is -3.23. The Morgan fingerprint density at radius 2 is 1.64 bits per heavy atom. The average Bonchev–Trinajstić information content (AvgIpc) is 3.25. The second-order valence-corrected chi connectivity index (χ2v) is 11.3. The lowest BCUT2D eigenvalue weighted by molar-refractivity contribution is -0.137. The molecule has 1 aromatic heterocycles. The Bertz CT molecular complexity index is 1680. The van der Waals surface area contributed by atoms with Gasteiger partial charge in [-0.1, -0.05) is 42.5 Å². The number of aromatic nitrogens is 1. The fourth-order valence-corrected chi connectivity index (χ4v) is 5.86. The highest BCUT2D eigenvalue weighted by atomic mass is 32.2. The Labute approximate surface area is 242 Å². The Kier molecular flexibility index (Phi) is 9.17. The van der Waals surface area contributed by atoms with Crippen molar-refractivity contribution in [2.24, 2.45) is 5.10 Å². The molecule has 4 aromatic rings. The third kappa shape index (κ3) is 6.89. The molecule has 0 aliphatic carbocycles. The van der Waals surface area contributed by atoms with Gasteiger partial charge in [-0.3, -0.25) is 4.79 Å². The van der Waals surface area contributed by atoms with Gasteiger partial charge in [-0.05, 0) is 61.9 Å². The number of amides is 1. The predicted molar refractivity (Wildman–Crippen MR) is 153 cm³/mol. The monoisotopic (exact) mass is 598 g/mol. The Hall–Kier alpha value is -4.42. The zero-order chi connectivity index (χ0) is 30.5. The van der Waals surface area contributed by atoms with E-state index in [0.717, 1.165) is 10.4 Å². The molecular formula is C30H29F3N4O4S. The quantitative estimate of drug-likeness (QED) is 0.194. The predicted octanol–water partition coefficient (Wildman–Crippen LogP) is 5.46. The van der Waals surface area contributed by atoms with Crippen molar-refractivity contribution in [2.75, 3.05) is 13.7 Å². The smallest absolute Gasteiger partial charge is 0.418 e. The molecule has 0 fully saturated rings. The summed E-state index contributed by atoms with van der Waals surface area (Å²) in [6.45, 7) is 2.72. The van der Waals surface area contributed by atoms with Gasteiger partial charge in [-0.25, -0.2) is 13.8 Å². The van der Waals surface area contributed by atoms with Crippen molar-refractivity contribution in [1.82, 2.24) is 14.3 Å². The van der Waals surface area contributed by atoms with Crippen LogP contribution >= 0.6 is 0 Å². The van der Waals surface area contributed by atoms with Gasteiger partial charge in [0, 0.05) is 23.5 Å². The van der Waals surface area contributed by atoms with E-state index in [1.165, 1.54) is 60.4 Å². The highest BCUT2D eigenvalue weighted by Crippen LogP contribution is 2.35. The number of hydrogen-bond donors (Lipinski definition) is 1. The van der Waals surface area contributed by atoms with Crippen LogP contribution < -0.4 is 10.2 Å². The molecule has 1 N–H and O–H groups in total. The number of ether oxygens (including phenoxy) is 1. The second-order valence-electron chi connectivity index (χ2n) is 9.40. The molecule has 8 nitrogen and oxygen atoms in total. The van der Waals surface area contributed by atoms with E-state index < -0.39 is 34.2 Å². The van der Waals surface area contributed by atoms with Crippen molar-refractivity contribution in [3.8, 4) is 11.4 Å². The van der Waals surface area contributed by atoms with E-state index in [1.807, 2.05) is 0 Å². The fourth-order valence-electron chi connectivity index (χ4n) is 4.48. The topological polar surface area (TPSA) is 93.0 Å². The zero-order valence-electron chi connectivity index (χ0n) is 23.1. The number of carbonyl (C=O) groups is 1. The van der Waals surface area contributed by atoms with Gasteiger partial charge >= 0.3 is 6.18 Å². The number of hydrazone groups is 1. The Balaban J connectivity index is 1.54. The number of sulfonamides is 1. The van der Waals surface area contributed by atoms with E-state index in [-0.39, 0.29) is 17.1 Å². The second kappa shape index (κ2) is 12.6. The number of nitrogens with zero attached hydrogens (tertiary/aromatic N) is 3. The molecule has 1 amide bonds. The van der Waals surface area contributed by atoms with Crippen LogP contribution in [0.4, 0.5) is 13.2 Å². The lowest BCUT2D eigenvalue weighted by atomic mass is 10.1. The molecule has 12 heteroatoms. The number of rotatable bonds is 10. The number of halogens is 3. The maximum absolute atomic E-state index is 13.6. The summed E-state index contributed by atoms with van der Waals surface area (Å²) < 4.78 is 75.4. The molecule has 0 unspecified atom stereocenters. The maximum Gasteiger partial charge on any atom is 0.418 e. The number of methoxy groups -OCH3 is 1. The number of benzene rings is 3. The molecule has 0 spiro atoms. The molecule has 3 aromatic carbocycles. The van der Waals surface area contributed by atoms with Crippen molar-refractivity contribution in [3.63, 3.8) is 0 Å². The highest BCUT2D eigenvalue weighted by Gasteiger charge is 2.34. The first-order chi connectivity index (χ1) is 19.9. The van der Waals surface area contributed by atoms with Gasteiger partial charge in [0.1, 0.15) is 5.75 Å². The summed E-state index contributed by atoms with van der Waals surface area (Å²) >= 11 is 0. The van der Waals surface area contributed by atoms with Crippen molar-refractivity contribution >= 4 is 22.1 Å². The normalized spacial score (nSPS) is 12.2. The van der Waals surface area contributed by atoms with Crippen LogP contribution in [0.15, 0.2) is 94.9 Å². The van der Waals surface area contributed by atoms with E-state index in [1.54, 1.807) is 50.2 Å². The largest absolute Gasteiger partial charge is 0.497 e. The minimum atomic E-state index is -4.54. The van der Waals surface area contributed by atoms with Crippen LogP contribution in [-0.4, -0.2) is 43.1 Å². The number of carbonyl (C=O) groups excluding carboxylic acids is 1. The molecule has 0 atom stereocenters. The number of nitrogens with one attached hydrogen (secondary N) is 1. The molecule has 1 heterocycles. The number of para-hydroxylation sites is 1. The van der Waals surface area contributed by atoms with Gasteiger partial charge in [0.05, 0.1) is 36.0 Å². The van der Waals surface area contributed by atoms with Crippen LogP contribution in [0, 0.1) is 13.8 Å². The Morgan fingerprint density at radius 1 is 1.00 bits per heavy atom. The Morgan fingerprint density at radius 3 is 2.29 bits per heavy atom. The van der Waals surface area contributed by atoms with E-state index >= 15 is 0 Å². The molecule has 4 rings (SSSR count). The van der Waals surface area contributed by atoms with Crippen molar-refractivity contribution in [3.05, 3.63) is 113 Å². The zero-order valence-corrected chi connectivity index (χ0v) is 23.9. The van der Waals surface area contributed by atoms with E-state index in [2.05, 4.69) is 10.5 Å². The molecule has 0 radical (unpaired) electrons. The van der Waals surface area contributed by atoms with E-state index in [4.69, 9.17) is 4.74 Å². The number of hydrogen-bond acceptors (Lipinski definition) is 5.